The molecule has 3 nitrogen and oxygen atoms in total. The summed E-state index contributed by atoms with van der Waals surface area (Å²) < 4.78 is 13.1. The summed E-state index contributed by atoms with van der Waals surface area (Å²) in [4.78, 5) is 0. The number of hydrogen-bond donors (Lipinski definition) is 0. The van der Waals surface area contributed by atoms with Gasteiger partial charge in [0.1, 0.15) is 6.61 Å². The number of allylic oxidation sites excluding steroid dienone is 3. The SMILES string of the molecule is CC(=C\CCC(C)(C)C)/C(C)=C/COc1ccccc1-[n+]1ccco1. The Hall–Kier alpha value is -2.29. The molecule has 0 fully saturated rings. The van der Waals surface area contributed by atoms with Crippen molar-refractivity contribution >= 4 is 0 Å². The number of para-hydroxylation sites is 2. The van der Waals surface area contributed by atoms with Gasteiger partial charge < -0.3 is 4.74 Å². The van der Waals surface area contributed by atoms with Crippen LogP contribution in [0.4, 0.5) is 0 Å². The van der Waals surface area contributed by atoms with Crippen LogP contribution in [0, 0.1) is 5.41 Å². The molecular weight excluding hydrogens is 310 g/mol. The first-order chi connectivity index (χ1) is 11.9. The van der Waals surface area contributed by atoms with Crippen molar-refractivity contribution in [1.82, 2.24) is 0 Å². The fourth-order valence-corrected chi connectivity index (χ4v) is 2.45. The van der Waals surface area contributed by atoms with Crippen molar-refractivity contribution in [3.63, 3.8) is 0 Å². The molecule has 1 aromatic heterocycles. The molecule has 0 N–H and O–H groups in total. The van der Waals surface area contributed by atoms with Gasteiger partial charge in [0.25, 0.3) is 5.69 Å². The average Bonchev–Trinajstić information content (AvgIpc) is 3.08. The van der Waals surface area contributed by atoms with E-state index in [0.29, 0.717) is 12.0 Å². The molecule has 1 aromatic carbocycles. The summed E-state index contributed by atoms with van der Waals surface area (Å²) in [6, 6.07) is 9.73. The third kappa shape index (κ3) is 6.26. The molecule has 3 heteroatoms. The van der Waals surface area contributed by atoms with Gasteiger partial charge in [0.2, 0.25) is 6.20 Å². The van der Waals surface area contributed by atoms with Crippen molar-refractivity contribution in [3.05, 3.63) is 66.1 Å². The van der Waals surface area contributed by atoms with Gasteiger partial charge in [-0.05, 0) is 49.8 Å². The zero-order valence-corrected chi connectivity index (χ0v) is 16.1. The molecule has 2 rings (SSSR count). The van der Waals surface area contributed by atoms with Gasteiger partial charge in [-0.25, -0.2) is 4.52 Å². The van der Waals surface area contributed by atoms with Gasteiger partial charge in [0.05, 0.1) is 0 Å². The largest absolute Gasteiger partial charge is 0.483 e. The normalized spacial score (nSPS) is 13.2. The highest BCUT2D eigenvalue weighted by Crippen LogP contribution is 2.22. The molecule has 0 aliphatic heterocycles. The van der Waals surface area contributed by atoms with Crippen molar-refractivity contribution < 1.29 is 14.0 Å². The molecular formula is C22H30NO2+. The topological polar surface area (TPSA) is 26.2 Å². The van der Waals surface area contributed by atoms with E-state index in [1.807, 2.05) is 36.5 Å². The Morgan fingerprint density at radius 3 is 2.48 bits per heavy atom. The Morgan fingerprint density at radius 2 is 1.80 bits per heavy atom. The summed E-state index contributed by atoms with van der Waals surface area (Å²) in [7, 11) is 0. The first kappa shape index (κ1) is 19.0. The molecule has 0 saturated carbocycles. The first-order valence-electron chi connectivity index (χ1n) is 8.88. The van der Waals surface area contributed by atoms with Gasteiger partial charge in [0, 0.05) is 16.9 Å². The predicted octanol–water partition coefficient (Wildman–Crippen LogP) is 5.65. The Morgan fingerprint density at radius 1 is 1.08 bits per heavy atom. The lowest BCUT2D eigenvalue weighted by Crippen LogP contribution is -2.27. The van der Waals surface area contributed by atoms with Gasteiger partial charge in [-0.1, -0.05) is 44.6 Å². The van der Waals surface area contributed by atoms with Crippen LogP contribution in [0.2, 0.25) is 0 Å². The zero-order valence-electron chi connectivity index (χ0n) is 16.1. The van der Waals surface area contributed by atoms with Crippen LogP contribution < -0.4 is 9.48 Å². The lowest BCUT2D eigenvalue weighted by atomic mass is 9.90. The molecule has 25 heavy (non-hydrogen) atoms. The van der Waals surface area contributed by atoms with Crippen molar-refractivity contribution in [2.24, 2.45) is 5.41 Å². The van der Waals surface area contributed by atoms with E-state index < -0.39 is 0 Å². The van der Waals surface area contributed by atoms with E-state index >= 15 is 0 Å². The van der Waals surface area contributed by atoms with Crippen molar-refractivity contribution in [3.8, 4) is 11.4 Å². The van der Waals surface area contributed by atoms with Crippen LogP contribution in [0.15, 0.2) is 70.6 Å². The van der Waals surface area contributed by atoms with Crippen LogP contribution in [0.5, 0.6) is 5.75 Å². The summed E-state index contributed by atoms with van der Waals surface area (Å²) >= 11 is 0. The zero-order chi connectivity index (χ0) is 18.3. The third-order valence-electron chi connectivity index (χ3n) is 4.17. The highest BCUT2D eigenvalue weighted by atomic mass is 16.5. The number of rotatable bonds is 7. The van der Waals surface area contributed by atoms with Gasteiger partial charge in [-0.3, -0.25) is 0 Å². The maximum absolute atomic E-state index is 5.96. The molecule has 0 atom stereocenters. The number of ether oxygens (including phenoxy) is 1. The van der Waals surface area contributed by atoms with Crippen LogP contribution in [0.1, 0.15) is 47.5 Å². The van der Waals surface area contributed by atoms with Gasteiger partial charge in [-0.15, -0.1) is 0 Å². The maximum Gasteiger partial charge on any atom is 0.299 e. The molecule has 1 heterocycles. The molecule has 0 unspecified atom stereocenters. The second kappa shape index (κ2) is 8.70. The van der Waals surface area contributed by atoms with E-state index in [2.05, 4.69) is 46.8 Å². The van der Waals surface area contributed by atoms with Gasteiger partial charge >= 0.3 is 0 Å². The Labute approximate surface area is 151 Å². The fourth-order valence-electron chi connectivity index (χ4n) is 2.45. The minimum atomic E-state index is 0.380. The molecule has 0 aliphatic carbocycles. The smallest absolute Gasteiger partial charge is 0.299 e. The molecule has 0 radical (unpaired) electrons. The second-order valence-electron chi connectivity index (χ2n) is 7.56. The van der Waals surface area contributed by atoms with Crippen LogP contribution in [0.25, 0.3) is 5.69 Å². The van der Waals surface area contributed by atoms with Crippen LogP contribution >= 0.6 is 0 Å². The lowest BCUT2D eigenvalue weighted by molar-refractivity contribution is -0.784. The summed E-state index contributed by atoms with van der Waals surface area (Å²) in [6.07, 6.45) is 10.3. The summed E-state index contributed by atoms with van der Waals surface area (Å²) in [5.41, 5.74) is 3.86. The summed E-state index contributed by atoms with van der Waals surface area (Å²) in [6.45, 7) is 11.7. The first-order valence-corrected chi connectivity index (χ1v) is 8.88. The Balaban J connectivity index is 1.95. The molecule has 0 bridgehead atoms. The van der Waals surface area contributed by atoms with Gasteiger partial charge in [-0.2, -0.15) is 0 Å². The van der Waals surface area contributed by atoms with Crippen molar-refractivity contribution in [2.75, 3.05) is 6.61 Å². The Bertz CT molecular complexity index is 719. The molecule has 0 aliphatic rings. The number of hydrogen-bond acceptors (Lipinski definition) is 2. The predicted molar refractivity (Wildman–Crippen MR) is 102 cm³/mol. The van der Waals surface area contributed by atoms with E-state index in [-0.39, 0.29) is 0 Å². The molecule has 0 spiro atoms. The quantitative estimate of drug-likeness (QED) is 0.480. The van der Waals surface area contributed by atoms with Crippen LogP contribution in [0.3, 0.4) is 0 Å². The van der Waals surface area contributed by atoms with E-state index in [9.17, 15) is 0 Å². The number of benzene rings is 1. The van der Waals surface area contributed by atoms with E-state index in [1.165, 1.54) is 17.6 Å². The highest BCUT2D eigenvalue weighted by Gasteiger charge is 2.15. The van der Waals surface area contributed by atoms with Crippen LogP contribution in [-0.2, 0) is 0 Å². The monoisotopic (exact) mass is 340 g/mol. The molecule has 2 aromatic rings. The van der Waals surface area contributed by atoms with E-state index in [0.717, 1.165) is 17.9 Å². The van der Waals surface area contributed by atoms with Crippen molar-refractivity contribution in [2.45, 2.75) is 47.5 Å². The third-order valence-corrected chi connectivity index (χ3v) is 4.17. The minimum absolute atomic E-state index is 0.380. The second-order valence-corrected chi connectivity index (χ2v) is 7.56. The van der Waals surface area contributed by atoms with Crippen LogP contribution in [-0.4, -0.2) is 6.61 Å². The van der Waals surface area contributed by atoms with E-state index in [4.69, 9.17) is 9.26 Å². The number of nitrogens with zero attached hydrogens (tertiary/aromatic N) is 1. The molecule has 134 valence electrons. The van der Waals surface area contributed by atoms with Gasteiger partial charge in [0.15, 0.2) is 12.0 Å². The van der Waals surface area contributed by atoms with Crippen molar-refractivity contribution in [1.29, 1.82) is 0 Å². The standard InChI is InChI=1S/C22H30NO2/c1-18(10-8-14-22(3,4)5)19(2)13-17-24-21-12-7-6-11-20(21)23-15-9-16-25-23/h6-7,9-13,15-16H,8,14,17H2,1-5H3/q+1/b18-10+,19-13+. The average molecular weight is 340 g/mol. The number of aromatic nitrogens is 1. The fraction of sp³-hybridized carbons (Fsp3) is 0.409. The summed E-state index contributed by atoms with van der Waals surface area (Å²) in [5.74, 6) is 0.806. The highest BCUT2D eigenvalue weighted by molar-refractivity contribution is 5.39. The summed E-state index contributed by atoms with van der Waals surface area (Å²) in [5, 5.41) is 0. The molecule has 0 saturated heterocycles. The maximum atomic E-state index is 5.96. The lowest BCUT2D eigenvalue weighted by Gasteiger charge is -2.16. The van der Waals surface area contributed by atoms with E-state index in [1.54, 1.807) is 11.0 Å². The Kier molecular flexibility index (Phi) is 6.63. The minimum Gasteiger partial charge on any atom is -0.483 e. The molecule has 0 amide bonds.